The Kier molecular flexibility index (Phi) is 2.27. The van der Waals surface area contributed by atoms with Crippen LogP contribution < -0.4 is 10.5 Å². The number of nitrogens with zero attached hydrogens (tertiary/aromatic N) is 2. The van der Waals surface area contributed by atoms with Gasteiger partial charge >= 0.3 is 0 Å². The van der Waals surface area contributed by atoms with E-state index in [-0.39, 0.29) is 11.5 Å². The zero-order valence-corrected chi connectivity index (χ0v) is 8.69. The first-order valence-electron chi connectivity index (χ1n) is 4.75. The molecule has 0 spiro atoms. The molecule has 4 heteroatoms. The van der Waals surface area contributed by atoms with Crippen LogP contribution in [-0.4, -0.2) is 0 Å². The minimum Gasteiger partial charge on any atom is -0.440 e. The fourth-order valence-electron chi connectivity index (χ4n) is 1.71. The second kappa shape index (κ2) is 3.60. The number of aryl methyl sites for hydroxylation is 1. The van der Waals surface area contributed by atoms with E-state index in [2.05, 4.69) is 6.07 Å². The number of hydrogen-bond donors (Lipinski definition) is 1. The quantitative estimate of drug-likeness (QED) is 0.707. The number of allylic oxidation sites excluding steroid dienone is 1. The van der Waals surface area contributed by atoms with E-state index in [1.165, 1.54) is 0 Å². The first kappa shape index (κ1) is 10.1. The number of ether oxygens (including phenoxy) is 1. The van der Waals surface area contributed by atoms with Gasteiger partial charge in [-0.1, -0.05) is 17.7 Å². The molecule has 0 fully saturated rings. The number of fused-ring (bicyclic) bond motifs is 1. The molecule has 1 aromatic carbocycles. The smallest absolute Gasteiger partial charge is 0.206 e. The Balaban J connectivity index is 2.63. The highest BCUT2D eigenvalue weighted by Crippen LogP contribution is 2.37. The summed E-state index contributed by atoms with van der Waals surface area (Å²) in [5.74, 6) is -0.0623. The van der Waals surface area contributed by atoms with E-state index in [1.807, 2.05) is 25.1 Å². The van der Waals surface area contributed by atoms with E-state index in [4.69, 9.17) is 21.0 Å². The first-order chi connectivity index (χ1) is 7.67. The van der Waals surface area contributed by atoms with Gasteiger partial charge in [-0.3, -0.25) is 0 Å². The van der Waals surface area contributed by atoms with Gasteiger partial charge in [0, 0.05) is 5.56 Å². The Morgan fingerprint density at radius 1 is 1.38 bits per heavy atom. The van der Waals surface area contributed by atoms with Crippen molar-refractivity contribution in [1.29, 1.82) is 10.5 Å². The van der Waals surface area contributed by atoms with Gasteiger partial charge in [0.05, 0.1) is 6.07 Å². The third kappa shape index (κ3) is 1.37. The summed E-state index contributed by atoms with van der Waals surface area (Å²) in [6.45, 7) is 1.92. The van der Waals surface area contributed by atoms with Crippen LogP contribution in [0.3, 0.4) is 0 Å². The molecular formula is C12H9N3O. The lowest BCUT2D eigenvalue weighted by Crippen LogP contribution is -2.19. The second-order valence-electron chi connectivity index (χ2n) is 3.60. The molecule has 2 rings (SSSR count). The molecule has 0 bridgehead atoms. The first-order valence-corrected chi connectivity index (χ1v) is 4.75. The molecule has 0 aliphatic carbocycles. The Morgan fingerprint density at radius 3 is 2.75 bits per heavy atom. The van der Waals surface area contributed by atoms with Crippen LogP contribution in [0.1, 0.15) is 17.0 Å². The van der Waals surface area contributed by atoms with Crippen molar-refractivity contribution in [1.82, 2.24) is 0 Å². The average molecular weight is 211 g/mol. The van der Waals surface area contributed by atoms with Gasteiger partial charge in [-0.15, -0.1) is 0 Å². The molecule has 0 saturated heterocycles. The molecule has 1 aliphatic rings. The van der Waals surface area contributed by atoms with Crippen LogP contribution in [-0.2, 0) is 0 Å². The third-order valence-corrected chi connectivity index (χ3v) is 2.50. The van der Waals surface area contributed by atoms with Crippen molar-refractivity contribution in [2.24, 2.45) is 5.73 Å². The van der Waals surface area contributed by atoms with Crippen LogP contribution in [0.25, 0.3) is 0 Å². The standard InChI is InChI=1S/C12H9N3O/c1-7-2-3-11-8(4-7)9(5-13)10(6-14)12(15)16-11/h2-4,9H,15H2,1H3. The van der Waals surface area contributed by atoms with Crippen LogP contribution in [0.2, 0.25) is 0 Å². The van der Waals surface area contributed by atoms with Crippen molar-refractivity contribution in [3.63, 3.8) is 0 Å². The Labute approximate surface area is 93.2 Å². The summed E-state index contributed by atoms with van der Waals surface area (Å²) >= 11 is 0. The Morgan fingerprint density at radius 2 is 2.12 bits per heavy atom. The fraction of sp³-hybridized carbons (Fsp3) is 0.167. The van der Waals surface area contributed by atoms with E-state index in [9.17, 15) is 0 Å². The molecule has 0 saturated carbocycles. The molecule has 0 radical (unpaired) electrons. The van der Waals surface area contributed by atoms with Crippen LogP contribution in [0.5, 0.6) is 5.75 Å². The molecule has 0 aromatic heterocycles. The maximum Gasteiger partial charge on any atom is 0.206 e. The van der Waals surface area contributed by atoms with Gasteiger partial charge in [0.15, 0.2) is 0 Å². The van der Waals surface area contributed by atoms with Crippen LogP contribution >= 0.6 is 0 Å². The summed E-state index contributed by atoms with van der Waals surface area (Å²) in [4.78, 5) is 0. The summed E-state index contributed by atoms with van der Waals surface area (Å²) in [6, 6.07) is 9.47. The SMILES string of the molecule is Cc1ccc2c(c1)C(C#N)C(C#N)=C(N)O2. The van der Waals surface area contributed by atoms with Gasteiger partial charge in [0.1, 0.15) is 23.3 Å². The van der Waals surface area contributed by atoms with E-state index in [0.29, 0.717) is 11.3 Å². The normalized spacial score (nSPS) is 18.1. The van der Waals surface area contributed by atoms with Gasteiger partial charge in [-0.25, -0.2) is 0 Å². The molecule has 1 aromatic rings. The molecule has 1 unspecified atom stereocenters. The van der Waals surface area contributed by atoms with Crippen molar-refractivity contribution < 1.29 is 4.74 Å². The monoisotopic (exact) mass is 211 g/mol. The molecule has 4 nitrogen and oxygen atoms in total. The molecule has 2 N–H and O–H groups in total. The van der Waals surface area contributed by atoms with E-state index < -0.39 is 5.92 Å². The largest absolute Gasteiger partial charge is 0.440 e. The topological polar surface area (TPSA) is 82.8 Å². The Bertz CT molecular complexity index is 561. The minimum absolute atomic E-state index is 0.0189. The number of benzene rings is 1. The summed E-state index contributed by atoms with van der Waals surface area (Å²) in [6.07, 6.45) is 0. The van der Waals surface area contributed by atoms with Gasteiger partial charge in [-0.05, 0) is 13.0 Å². The molecule has 16 heavy (non-hydrogen) atoms. The number of rotatable bonds is 0. The zero-order chi connectivity index (χ0) is 11.7. The zero-order valence-electron chi connectivity index (χ0n) is 8.69. The maximum absolute atomic E-state index is 9.10. The van der Waals surface area contributed by atoms with Gasteiger partial charge in [-0.2, -0.15) is 10.5 Å². The summed E-state index contributed by atoms with van der Waals surface area (Å²) < 4.78 is 5.31. The van der Waals surface area contributed by atoms with Crippen molar-refractivity contribution in [3.8, 4) is 17.9 Å². The van der Waals surface area contributed by atoms with Crippen molar-refractivity contribution in [2.75, 3.05) is 0 Å². The van der Waals surface area contributed by atoms with Gasteiger partial charge in [0.25, 0.3) is 0 Å². The number of nitriles is 2. The van der Waals surface area contributed by atoms with E-state index in [1.54, 1.807) is 6.07 Å². The van der Waals surface area contributed by atoms with Crippen molar-refractivity contribution >= 4 is 0 Å². The van der Waals surface area contributed by atoms with Crippen LogP contribution in [0, 0.1) is 29.6 Å². The highest BCUT2D eigenvalue weighted by Gasteiger charge is 2.28. The predicted octanol–water partition coefficient (Wildman–Crippen LogP) is 1.69. The fourth-order valence-corrected chi connectivity index (χ4v) is 1.71. The highest BCUT2D eigenvalue weighted by atomic mass is 16.5. The molecule has 1 atom stereocenters. The van der Waals surface area contributed by atoms with Gasteiger partial charge in [0.2, 0.25) is 5.88 Å². The van der Waals surface area contributed by atoms with Crippen LogP contribution in [0.15, 0.2) is 29.7 Å². The van der Waals surface area contributed by atoms with Crippen LogP contribution in [0.4, 0.5) is 0 Å². The maximum atomic E-state index is 9.10. The predicted molar refractivity (Wildman–Crippen MR) is 57.0 cm³/mol. The summed E-state index contributed by atoms with van der Waals surface area (Å²) in [7, 11) is 0. The number of nitrogens with two attached hydrogens (primary N) is 1. The molecule has 1 heterocycles. The lowest BCUT2D eigenvalue weighted by Gasteiger charge is -2.21. The summed E-state index contributed by atoms with van der Waals surface area (Å²) in [5.41, 5.74) is 7.49. The minimum atomic E-state index is -0.631. The molecule has 1 aliphatic heterocycles. The Hall–Kier alpha value is -2.46. The van der Waals surface area contributed by atoms with Crippen molar-refractivity contribution in [2.45, 2.75) is 12.8 Å². The average Bonchev–Trinajstić information content (AvgIpc) is 2.28. The lowest BCUT2D eigenvalue weighted by atomic mass is 9.90. The highest BCUT2D eigenvalue weighted by molar-refractivity contribution is 5.53. The molecule has 78 valence electrons. The number of hydrogen-bond acceptors (Lipinski definition) is 4. The summed E-state index contributed by atoms with van der Waals surface area (Å²) in [5, 5.41) is 18.0. The van der Waals surface area contributed by atoms with Crippen molar-refractivity contribution in [3.05, 3.63) is 40.8 Å². The van der Waals surface area contributed by atoms with E-state index in [0.717, 1.165) is 5.56 Å². The lowest BCUT2D eigenvalue weighted by molar-refractivity contribution is 0.395. The molecule has 0 amide bonds. The van der Waals surface area contributed by atoms with Gasteiger partial charge < -0.3 is 10.5 Å². The molecular weight excluding hydrogens is 202 g/mol. The second-order valence-corrected chi connectivity index (χ2v) is 3.60. The third-order valence-electron chi connectivity index (χ3n) is 2.50. The van der Waals surface area contributed by atoms with E-state index >= 15 is 0 Å².